The lowest BCUT2D eigenvalue weighted by Gasteiger charge is -2.37. The first-order chi connectivity index (χ1) is 11.7. The second-order valence-electron chi connectivity index (χ2n) is 6.62. The number of hydrogen-bond donors (Lipinski definition) is 1. The molecule has 0 spiro atoms. The topological polar surface area (TPSA) is 44.8 Å². The van der Waals surface area contributed by atoms with Gasteiger partial charge in [0.1, 0.15) is 5.75 Å². The molecule has 6 heteroatoms. The van der Waals surface area contributed by atoms with Crippen molar-refractivity contribution >= 4 is 17.5 Å². The van der Waals surface area contributed by atoms with E-state index in [4.69, 9.17) is 16.3 Å². The van der Waals surface area contributed by atoms with Crippen LogP contribution in [-0.4, -0.2) is 68.1 Å². The summed E-state index contributed by atoms with van der Waals surface area (Å²) >= 11 is 5.84. The minimum atomic E-state index is 0.0615. The molecule has 2 aliphatic heterocycles. The normalized spacial score (nSPS) is 20.1. The van der Waals surface area contributed by atoms with Crippen molar-refractivity contribution in [2.24, 2.45) is 5.92 Å². The number of hydrogen-bond acceptors (Lipinski definition) is 4. The molecule has 0 bridgehead atoms. The summed E-state index contributed by atoms with van der Waals surface area (Å²) in [6.07, 6.45) is 2.54. The van der Waals surface area contributed by atoms with E-state index in [2.05, 4.69) is 10.2 Å². The van der Waals surface area contributed by atoms with Gasteiger partial charge < -0.3 is 15.0 Å². The van der Waals surface area contributed by atoms with Gasteiger partial charge >= 0.3 is 0 Å². The molecule has 5 nitrogen and oxygen atoms in total. The quantitative estimate of drug-likeness (QED) is 0.879. The zero-order valence-electron chi connectivity index (χ0n) is 14.0. The number of rotatable bonds is 5. The van der Waals surface area contributed by atoms with Crippen molar-refractivity contribution < 1.29 is 9.53 Å². The third-order valence-corrected chi connectivity index (χ3v) is 5.13. The predicted octanol–water partition coefficient (Wildman–Crippen LogP) is 1.86. The van der Waals surface area contributed by atoms with E-state index in [-0.39, 0.29) is 12.5 Å². The monoisotopic (exact) mass is 351 g/mol. The first kappa shape index (κ1) is 17.5. The smallest absolute Gasteiger partial charge is 0.260 e. The number of carbonyl (C=O) groups is 1. The van der Waals surface area contributed by atoms with Crippen molar-refractivity contribution in [3.8, 4) is 5.75 Å². The number of nitrogens with one attached hydrogen (secondary N) is 1. The number of ether oxygens (including phenoxy) is 1. The number of benzene rings is 1. The van der Waals surface area contributed by atoms with Gasteiger partial charge in [-0.05, 0) is 56.1 Å². The number of piperazine rings is 1. The highest BCUT2D eigenvalue weighted by atomic mass is 35.5. The SMILES string of the molecule is O=C(COc1ccc(Cl)cc1)N1CCN(CC2CCNCC2)CC1. The largest absolute Gasteiger partial charge is 0.484 e. The minimum absolute atomic E-state index is 0.0615. The summed E-state index contributed by atoms with van der Waals surface area (Å²) in [5.41, 5.74) is 0. The molecule has 1 N–H and O–H groups in total. The van der Waals surface area contributed by atoms with Crippen LogP contribution in [-0.2, 0) is 4.79 Å². The molecule has 3 rings (SSSR count). The fourth-order valence-corrected chi connectivity index (χ4v) is 3.50. The summed E-state index contributed by atoms with van der Waals surface area (Å²) < 4.78 is 5.55. The van der Waals surface area contributed by atoms with Crippen LogP contribution >= 0.6 is 11.6 Å². The van der Waals surface area contributed by atoms with Crippen LogP contribution < -0.4 is 10.1 Å². The molecule has 24 heavy (non-hydrogen) atoms. The van der Waals surface area contributed by atoms with E-state index in [9.17, 15) is 4.79 Å². The molecule has 2 aliphatic rings. The van der Waals surface area contributed by atoms with Crippen LogP contribution in [0.4, 0.5) is 0 Å². The van der Waals surface area contributed by atoms with Gasteiger partial charge in [0.05, 0.1) is 0 Å². The summed E-state index contributed by atoms with van der Waals surface area (Å²) in [6.45, 7) is 7.09. The molecule has 1 aromatic carbocycles. The Hall–Kier alpha value is -1.30. The van der Waals surface area contributed by atoms with Gasteiger partial charge in [-0.2, -0.15) is 0 Å². The van der Waals surface area contributed by atoms with Gasteiger partial charge in [-0.15, -0.1) is 0 Å². The van der Waals surface area contributed by atoms with Gasteiger partial charge in [-0.25, -0.2) is 0 Å². The lowest BCUT2D eigenvalue weighted by atomic mass is 9.97. The predicted molar refractivity (Wildman–Crippen MR) is 95.6 cm³/mol. The third kappa shape index (κ3) is 5.10. The summed E-state index contributed by atoms with van der Waals surface area (Å²) in [5.74, 6) is 1.55. The number of halogens is 1. The average molecular weight is 352 g/mol. The van der Waals surface area contributed by atoms with Crippen LogP contribution in [0.2, 0.25) is 5.02 Å². The van der Waals surface area contributed by atoms with Crippen molar-refractivity contribution in [2.75, 3.05) is 52.4 Å². The molecule has 2 fully saturated rings. The maximum absolute atomic E-state index is 12.3. The molecule has 0 unspecified atom stereocenters. The van der Waals surface area contributed by atoms with Crippen LogP contribution in [0.3, 0.4) is 0 Å². The Morgan fingerprint density at radius 3 is 2.46 bits per heavy atom. The summed E-state index contributed by atoms with van der Waals surface area (Å²) in [7, 11) is 0. The zero-order chi connectivity index (χ0) is 16.8. The zero-order valence-corrected chi connectivity index (χ0v) is 14.8. The molecule has 1 amide bonds. The van der Waals surface area contributed by atoms with Gasteiger partial charge in [0.2, 0.25) is 0 Å². The van der Waals surface area contributed by atoms with Crippen LogP contribution in [0, 0.1) is 5.92 Å². The van der Waals surface area contributed by atoms with Crippen LogP contribution in [0.1, 0.15) is 12.8 Å². The van der Waals surface area contributed by atoms with E-state index in [0.29, 0.717) is 10.8 Å². The molecule has 2 heterocycles. The maximum Gasteiger partial charge on any atom is 0.260 e. The van der Waals surface area contributed by atoms with Crippen LogP contribution in [0.25, 0.3) is 0 Å². The molecular formula is C18H26ClN3O2. The number of piperidine rings is 1. The molecule has 0 radical (unpaired) electrons. The highest BCUT2D eigenvalue weighted by Gasteiger charge is 2.24. The minimum Gasteiger partial charge on any atom is -0.484 e. The van der Waals surface area contributed by atoms with Gasteiger partial charge in [-0.1, -0.05) is 11.6 Å². The standard InChI is InChI=1S/C18H26ClN3O2/c19-16-1-3-17(4-2-16)24-14-18(23)22-11-9-21(10-12-22)13-15-5-7-20-8-6-15/h1-4,15,20H,5-14H2. The molecule has 0 aliphatic carbocycles. The molecule has 0 atom stereocenters. The van der Waals surface area contributed by atoms with E-state index >= 15 is 0 Å². The third-order valence-electron chi connectivity index (χ3n) is 4.88. The number of amides is 1. The van der Waals surface area contributed by atoms with E-state index in [1.807, 2.05) is 4.90 Å². The molecule has 0 aromatic heterocycles. The second-order valence-corrected chi connectivity index (χ2v) is 7.05. The fourth-order valence-electron chi connectivity index (χ4n) is 3.38. The van der Waals surface area contributed by atoms with Gasteiger partial charge in [-0.3, -0.25) is 9.69 Å². The first-order valence-electron chi connectivity index (χ1n) is 8.80. The van der Waals surface area contributed by atoms with E-state index in [0.717, 1.165) is 45.2 Å². The highest BCUT2D eigenvalue weighted by molar-refractivity contribution is 6.30. The molecular weight excluding hydrogens is 326 g/mol. The Balaban J connectivity index is 1.37. The van der Waals surface area contributed by atoms with Crippen molar-refractivity contribution in [1.29, 1.82) is 0 Å². The first-order valence-corrected chi connectivity index (χ1v) is 9.18. The van der Waals surface area contributed by atoms with Crippen LogP contribution in [0.15, 0.2) is 24.3 Å². The molecule has 1 aromatic rings. The Morgan fingerprint density at radius 2 is 1.79 bits per heavy atom. The molecule has 132 valence electrons. The van der Waals surface area contributed by atoms with Crippen molar-refractivity contribution in [3.63, 3.8) is 0 Å². The summed E-state index contributed by atoms with van der Waals surface area (Å²) in [5, 5.41) is 4.08. The van der Waals surface area contributed by atoms with Gasteiger partial charge in [0, 0.05) is 37.7 Å². The number of carbonyl (C=O) groups excluding carboxylic acids is 1. The molecule has 0 saturated carbocycles. The summed E-state index contributed by atoms with van der Waals surface area (Å²) in [6, 6.07) is 7.10. The van der Waals surface area contributed by atoms with Crippen LogP contribution in [0.5, 0.6) is 5.75 Å². The second kappa shape index (κ2) is 8.70. The van der Waals surface area contributed by atoms with Gasteiger partial charge in [0.25, 0.3) is 5.91 Å². The Bertz CT molecular complexity index is 524. The molecule has 2 saturated heterocycles. The Kier molecular flexibility index (Phi) is 6.35. The summed E-state index contributed by atoms with van der Waals surface area (Å²) in [4.78, 5) is 16.7. The average Bonchev–Trinajstić information content (AvgIpc) is 2.62. The lowest BCUT2D eigenvalue weighted by molar-refractivity contribution is -0.135. The Morgan fingerprint density at radius 1 is 1.12 bits per heavy atom. The highest BCUT2D eigenvalue weighted by Crippen LogP contribution is 2.17. The maximum atomic E-state index is 12.3. The van der Waals surface area contributed by atoms with E-state index in [1.54, 1.807) is 24.3 Å². The van der Waals surface area contributed by atoms with Crippen molar-refractivity contribution in [3.05, 3.63) is 29.3 Å². The van der Waals surface area contributed by atoms with E-state index in [1.165, 1.54) is 19.4 Å². The fraction of sp³-hybridized carbons (Fsp3) is 0.611. The lowest BCUT2D eigenvalue weighted by Crippen LogP contribution is -2.51. The Labute approximate surface area is 148 Å². The van der Waals surface area contributed by atoms with Crippen molar-refractivity contribution in [1.82, 2.24) is 15.1 Å². The van der Waals surface area contributed by atoms with E-state index < -0.39 is 0 Å². The number of nitrogens with zero attached hydrogens (tertiary/aromatic N) is 2. The van der Waals surface area contributed by atoms with Crippen molar-refractivity contribution in [2.45, 2.75) is 12.8 Å². The van der Waals surface area contributed by atoms with Gasteiger partial charge in [0.15, 0.2) is 6.61 Å².